The van der Waals surface area contributed by atoms with E-state index in [1.807, 2.05) is 0 Å². The fourth-order valence-electron chi connectivity index (χ4n) is 1.67. The first-order chi connectivity index (χ1) is 10.5. The molecule has 1 aromatic heterocycles. The maximum Gasteiger partial charge on any atom is 0.255 e. The van der Waals surface area contributed by atoms with Crippen molar-refractivity contribution >= 4 is 17.4 Å². The van der Waals surface area contributed by atoms with Gasteiger partial charge in [0.05, 0.1) is 18.0 Å². The van der Waals surface area contributed by atoms with Crippen LogP contribution in [0.2, 0.25) is 0 Å². The van der Waals surface area contributed by atoms with Crippen molar-refractivity contribution in [2.45, 2.75) is 13.0 Å². The van der Waals surface area contributed by atoms with Gasteiger partial charge in [-0.15, -0.1) is 0 Å². The monoisotopic (exact) mass is 307 g/mol. The zero-order valence-corrected chi connectivity index (χ0v) is 11.8. The fourth-order valence-corrected chi connectivity index (χ4v) is 1.67. The maximum atomic E-state index is 13.1. The number of aliphatic hydroxyl groups is 1. The number of anilines is 2. The molecule has 22 heavy (non-hydrogen) atoms. The number of rotatable bonds is 5. The molecule has 116 valence electrons. The third-order valence-electron chi connectivity index (χ3n) is 2.78. The van der Waals surface area contributed by atoms with E-state index < -0.39 is 23.6 Å². The number of amides is 1. The Morgan fingerprint density at radius 3 is 2.64 bits per heavy atom. The summed E-state index contributed by atoms with van der Waals surface area (Å²) in [4.78, 5) is 16.0. The van der Waals surface area contributed by atoms with Crippen LogP contribution in [0.4, 0.5) is 20.3 Å². The van der Waals surface area contributed by atoms with Crippen molar-refractivity contribution in [3.05, 3.63) is 53.7 Å². The van der Waals surface area contributed by atoms with Gasteiger partial charge in [0.2, 0.25) is 0 Å². The molecule has 2 aromatic rings. The van der Waals surface area contributed by atoms with E-state index >= 15 is 0 Å². The number of nitrogens with one attached hydrogen (secondary N) is 2. The number of aromatic nitrogens is 1. The van der Waals surface area contributed by atoms with Crippen LogP contribution in [-0.4, -0.2) is 28.6 Å². The van der Waals surface area contributed by atoms with Crippen molar-refractivity contribution in [3.8, 4) is 0 Å². The van der Waals surface area contributed by atoms with Crippen molar-refractivity contribution in [1.29, 1.82) is 0 Å². The molecule has 0 saturated carbocycles. The maximum absolute atomic E-state index is 13.1. The Hall–Kier alpha value is -2.54. The van der Waals surface area contributed by atoms with Crippen LogP contribution in [0.1, 0.15) is 17.3 Å². The van der Waals surface area contributed by atoms with Crippen LogP contribution in [0.3, 0.4) is 0 Å². The molecule has 0 saturated heterocycles. The number of carbonyl (C=O) groups is 1. The first-order valence-corrected chi connectivity index (χ1v) is 6.60. The Morgan fingerprint density at radius 1 is 1.27 bits per heavy atom. The molecule has 1 amide bonds. The molecular weight excluding hydrogens is 292 g/mol. The Bertz CT molecular complexity index is 660. The van der Waals surface area contributed by atoms with Crippen molar-refractivity contribution in [1.82, 2.24) is 4.98 Å². The van der Waals surface area contributed by atoms with E-state index in [1.54, 1.807) is 19.1 Å². The van der Waals surface area contributed by atoms with Gasteiger partial charge in [0.25, 0.3) is 5.91 Å². The largest absolute Gasteiger partial charge is 0.392 e. The Labute approximate surface area is 126 Å². The smallest absolute Gasteiger partial charge is 0.255 e. The number of carbonyl (C=O) groups excluding carboxylic acids is 1. The number of aliphatic hydroxyl groups excluding tert-OH is 1. The summed E-state index contributed by atoms with van der Waals surface area (Å²) in [5.41, 5.74) is 0.424. The van der Waals surface area contributed by atoms with Gasteiger partial charge in [-0.25, -0.2) is 13.8 Å². The molecule has 0 radical (unpaired) electrons. The Balaban J connectivity index is 2.00. The summed E-state index contributed by atoms with van der Waals surface area (Å²) in [5.74, 6) is -2.10. The van der Waals surface area contributed by atoms with E-state index in [4.69, 9.17) is 5.11 Å². The Kier molecular flexibility index (Phi) is 5.00. The second kappa shape index (κ2) is 6.95. The van der Waals surface area contributed by atoms with Crippen molar-refractivity contribution in [3.63, 3.8) is 0 Å². The van der Waals surface area contributed by atoms with E-state index in [0.717, 1.165) is 12.1 Å². The van der Waals surface area contributed by atoms with Gasteiger partial charge in [-0.05, 0) is 37.3 Å². The standard InChI is InChI=1S/C15H15F2N3O2/c1-9(21)7-18-14-5-3-11(8-19-14)20-15(22)10-2-4-12(16)13(17)6-10/h2-6,8-9,21H,7H2,1H3,(H,18,19)(H,20,22). The highest BCUT2D eigenvalue weighted by molar-refractivity contribution is 6.04. The van der Waals surface area contributed by atoms with Gasteiger partial charge in [0, 0.05) is 12.1 Å². The molecular formula is C15H15F2N3O2. The summed E-state index contributed by atoms with van der Waals surface area (Å²) in [5, 5.41) is 14.6. The molecule has 1 heterocycles. The second-order valence-electron chi connectivity index (χ2n) is 4.75. The third kappa shape index (κ3) is 4.23. The number of hydrogen-bond acceptors (Lipinski definition) is 4. The van der Waals surface area contributed by atoms with Gasteiger partial charge >= 0.3 is 0 Å². The molecule has 1 aromatic carbocycles. The van der Waals surface area contributed by atoms with Crippen LogP contribution in [0.25, 0.3) is 0 Å². The first kappa shape index (κ1) is 15.8. The molecule has 0 spiro atoms. The lowest BCUT2D eigenvalue weighted by Crippen LogP contribution is -2.16. The van der Waals surface area contributed by atoms with Gasteiger partial charge in [-0.1, -0.05) is 0 Å². The molecule has 3 N–H and O–H groups in total. The fraction of sp³-hybridized carbons (Fsp3) is 0.200. The molecule has 7 heteroatoms. The van der Waals surface area contributed by atoms with E-state index in [9.17, 15) is 13.6 Å². The van der Waals surface area contributed by atoms with E-state index in [-0.39, 0.29) is 5.56 Å². The number of pyridine rings is 1. The van der Waals surface area contributed by atoms with Crippen LogP contribution in [-0.2, 0) is 0 Å². The van der Waals surface area contributed by atoms with Gasteiger partial charge in [-0.2, -0.15) is 0 Å². The summed E-state index contributed by atoms with van der Waals surface area (Å²) < 4.78 is 25.9. The SMILES string of the molecule is CC(O)CNc1ccc(NC(=O)c2ccc(F)c(F)c2)cn1. The van der Waals surface area contributed by atoms with E-state index in [2.05, 4.69) is 15.6 Å². The van der Waals surface area contributed by atoms with Gasteiger partial charge < -0.3 is 15.7 Å². The van der Waals surface area contributed by atoms with Gasteiger partial charge in [-0.3, -0.25) is 4.79 Å². The molecule has 1 atom stereocenters. The Morgan fingerprint density at radius 2 is 2.05 bits per heavy atom. The lowest BCUT2D eigenvalue weighted by Gasteiger charge is -2.09. The van der Waals surface area contributed by atoms with Crippen LogP contribution in [0.15, 0.2) is 36.5 Å². The highest BCUT2D eigenvalue weighted by Gasteiger charge is 2.10. The lowest BCUT2D eigenvalue weighted by molar-refractivity contribution is 0.102. The minimum absolute atomic E-state index is 0.00945. The summed E-state index contributed by atoms with van der Waals surface area (Å²) in [7, 11) is 0. The van der Waals surface area contributed by atoms with Crippen LogP contribution < -0.4 is 10.6 Å². The van der Waals surface area contributed by atoms with Crippen LogP contribution in [0.5, 0.6) is 0 Å². The molecule has 0 aliphatic rings. The molecule has 2 rings (SSSR count). The predicted octanol–water partition coefficient (Wildman–Crippen LogP) is 2.40. The zero-order chi connectivity index (χ0) is 16.1. The lowest BCUT2D eigenvalue weighted by atomic mass is 10.2. The summed E-state index contributed by atoms with van der Waals surface area (Å²) in [6, 6.07) is 6.15. The van der Waals surface area contributed by atoms with Crippen molar-refractivity contribution in [2.75, 3.05) is 17.2 Å². The summed E-state index contributed by atoms with van der Waals surface area (Å²) >= 11 is 0. The van der Waals surface area contributed by atoms with Crippen LogP contribution in [0, 0.1) is 11.6 Å². The summed E-state index contributed by atoms with van der Waals surface area (Å²) in [6.45, 7) is 2.00. The first-order valence-electron chi connectivity index (χ1n) is 6.60. The zero-order valence-electron chi connectivity index (χ0n) is 11.8. The quantitative estimate of drug-likeness (QED) is 0.793. The minimum atomic E-state index is -1.08. The number of hydrogen-bond donors (Lipinski definition) is 3. The van der Waals surface area contributed by atoms with Gasteiger partial charge in [0.15, 0.2) is 11.6 Å². The third-order valence-corrected chi connectivity index (χ3v) is 2.78. The highest BCUT2D eigenvalue weighted by atomic mass is 19.2. The average molecular weight is 307 g/mol. The number of halogens is 2. The molecule has 5 nitrogen and oxygen atoms in total. The summed E-state index contributed by atoms with van der Waals surface area (Å²) in [6.07, 6.45) is 0.914. The molecule has 0 fully saturated rings. The van der Waals surface area contributed by atoms with Crippen molar-refractivity contribution in [2.24, 2.45) is 0 Å². The van der Waals surface area contributed by atoms with E-state index in [0.29, 0.717) is 18.1 Å². The normalized spacial score (nSPS) is 11.8. The minimum Gasteiger partial charge on any atom is -0.392 e. The van der Waals surface area contributed by atoms with Crippen LogP contribution >= 0.6 is 0 Å². The topological polar surface area (TPSA) is 74.2 Å². The molecule has 1 unspecified atom stereocenters. The molecule has 0 aliphatic heterocycles. The van der Waals surface area contributed by atoms with E-state index in [1.165, 1.54) is 12.3 Å². The van der Waals surface area contributed by atoms with Gasteiger partial charge in [0.1, 0.15) is 5.82 Å². The number of nitrogens with zero attached hydrogens (tertiary/aromatic N) is 1. The average Bonchev–Trinajstić information content (AvgIpc) is 2.49. The molecule has 0 aliphatic carbocycles. The molecule has 0 bridgehead atoms. The second-order valence-corrected chi connectivity index (χ2v) is 4.75. The predicted molar refractivity (Wildman–Crippen MR) is 78.7 cm³/mol. The highest BCUT2D eigenvalue weighted by Crippen LogP contribution is 2.13. The number of benzene rings is 1. The van der Waals surface area contributed by atoms with Crippen molar-refractivity contribution < 1.29 is 18.7 Å².